The third kappa shape index (κ3) is 2.48. The lowest BCUT2D eigenvalue weighted by atomic mass is 10.2. The smallest absolute Gasteiger partial charge is 0.269 e. The molecule has 1 aliphatic rings. The first-order valence-electron chi connectivity index (χ1n) is 7.30. The van der Waals surface area contributed by atoms with Crippen LogP contribution in [0.1, 0.15) is 10.5 Å². The fraction of sp³-hybridized carbons (Fsp3) is 0.125. The molecule has 0 radical (unpaired) electrons. The Kier molecular flexibility index (Phi) is 3.42. The predicted octanol–water partition coefficient (Wildman–Crippen LogP) is 2.11. The van der Waals surface area contributed by atoms with Crippen molar-refractivity contribution in [1.29, 1.82) is 0 Å². The number of carbonyl (C=O) groups is 1. The zero-order valence-corrected chi connectivity index (χ0v) is 13.2. The standard InChI is InChI=1S/C16H12ClN5O2/c17-9-1-2-10(14(23)7-9)15-18-4-3-11(20-15)12-8-13-16(24)19-5-6-22(13)21-12/h1-4,7-8,23H,5-6H2,(H,19,24). The third-order valence-electron chi connectivity index (χ3n) is 3.74. The summed E-state index contributed by atoms with van der Waals surface area (Å²) in [6.07, 6.45) is 1.59. The van der Waals surface area contributed by atoms with Crippen LogP contribution in [0.25, 0.3) is 22.8 Å². The number of fused-ring (bicyclic) bond motifs is 1. The lowest BCUT2D eigenvalue weighted by Gasteiger charge is -2.13. The van der Waals surface area contributed by atoms with Crippen molar-refractivity contribution >= 4 is 17.5 Å². The first-order valence-corrected chi connectivity index (χ1v) is 7.68. The number of nitrogens with zero attached hydrogens (tertiary/aromatic N) is 4. The second-order valence-corrected chi connectivity index (χ2v) is 5.76. The number of nitrogens with one attached hydrogen (secondary N) is 1. The monoisotopic (exact) mass is 341 g/mol. The van der Waals surface area contributed by atoms with Gasteiger partial charge >= 0.3 is 0 Å². The highest BCUT2D eigenvalue weighted by atomic mass is 35.5. The maximum absolute atomic E-state index is 11.8. The molecule has 1 aromatic carbocycles. The summed E-state index contributed by atoms with van der Waals surface area (Å²) in [5, 5.41) is 17.7. The molecule has 0 unspecified atom stereocenters. The molecule has 2 aromatic heterocycles. The van der Waals surface area contributed by atoms with E-state index in [1.165, 1.54) is 6.07 Å². The van der Waals surface area contributed by atoms with E-state index in [-0.39, 0.29) is 11.7 Å². The molecule has 0 fully saturated rings. The molecule has 0 atom stereocenters. The van der Waals surface area contributed by atoms with Gasteiger partial charge in [0.25, 0.3) is 5.91 Å². The molecule has 7 nitrogen and oxygen atoms in total. The molecular weight excluding hydrogens is 330 g/mol. The largest absolute Gasteiger partial charge is 0.507 e. The molecule has 1 aliphatic heterocycles. The molecule has 2 N–H and O–H groups in total. The van der Waals surface area contributed by atoms with Gasteiger partial charge in [-0.2, -0.15) is 5.10 Å². The van der Waals surface area contributed by atoms with Gasteiger partial charge in [-0.15, -0.1) is 0 Å². The van der Waals surface area contributed by atoms with Crippen LogP contribution in [0.3, 0.4) is 0 Å². The summed E-state index contributed by atoms with van der Waals surface area (Å²) in [6, 6.07) is 8.16. The van der Waals surface area contributed by atoms with Crippen LogP contribution >= 0.6 is 11.6 Å². The molecule has 3 aromatic rings. The molecule has 24 heavy (non-hydrogen) atoms. The van der Waals surface area contributed by atoms with Gasteiger partial charge in [0.05, 0.1) is 17.8 Å². The van der Waals surface area contributed by atoms with Crippen molar-refractivity contribution in [3.8, 4) is 28.5 Å². The number of hydrogen-bond acceptors (Lipinski definition) is 5. The molecule has 0 spiro atoms. The van der Waals surface area contributed by atoms with Crippen molar-refractivity contribution in [2.75, 3.05) is 6.54 Å². The van der Waals surface area contributed by atoms with Crippen LogP contribution in [-0.2, 0) is 6.54 Å². The van der Waals surface area contributed by atoms with Gasteiger partial charge in [-0.3, -0.25) is 9.48 Å². The second kappa shape index (κ2) is 5.61. The summed E-state index contributed by atoms with van der Waals surface area (Å²) in [6.45, 7) is 1.18. The Morgan fingerprint density at radius 2 is 2.08 bits per heavy atom. The van der Waals surface area contributed by atoms with E-state index in [4.69, 9.17) is 11.6 Å². The van der Waals surface area contributed by atoms with E-state index < -0.39 is 0 Å². The Bertz CT molecular complexity index is 953. The highest BCUT2D eigenvalue weighted by Gasteiger charge is 2.20. The van der Waals surface area contributed by atoms with Crippen LogP contribution in [-0.4, -0.2) is 37.3 Å². The van der Waals surface area contributed by atoms with Gasteiger partial charge in [-0.25, -0.2) is 9.97 Å². The van der Waals surface area contributed by atoms with E-state index >= 15 is 0 Å². The maximum Gasteiger partial charge on any atom is 0.269 e. The summed E-state index contributed by atoms with van der Waals surface area (Å²) >= 11 is 5.85. The minimum absolute atomic E-state index is 0.00293. The summed E-state index contributed by atoms with van der Waals surface area (Å²) in [5.74, 6) is 0.213. The first-order chi connectivity index (χ1) is 11.6. The van der Waals surface area contributed by atoms with Gasteiger partial charge in [0.2, 0.25) is 0 Å². The van der Waals surface area contributed by atoms with Crippen LogP contribution in [0.15, 0.2) is 36.5 Å². The topological polar surface area (TPSA) is 92.9 Å². The number of rotatable bonds is 2. The normalized spacial score (nSPS) is 13.5. The first kappa shape index (κ1) is 14.6. The SMILES string of the molecule is O=C1NCCn2nc(-c3ccnc(-c4ccc(Cl)cc4O)n3)cc21. The molecule has 3 heterocycles. The van der Waals surface area contributed by atoms with Crippen molar-refractivity contribution in [3.05, 3.63) is 47.2 Å². The molecule has 8 heteroatoms. The van der Waals surface area contributed by atoms with Gasteiger partial charge in [0.15, 0.2) is 5.82 Å². The van der Waals surface area contributed by atoms with Crippen molar-refractivity contribution in [2.45, 2.75) is 6.54 Å². The van der Waals surface area contributed by atoms with Gasteiger partial charge in [-0.05, 0) is 30.3 Å². The molecule has 120 valence electrons. The molecular formula is C16H12ClN5O2. The number of benzene rings is 1. The van der Waals surface area contributed by atoms with Crippen molar-refractivity contribution in [1.82, 2.24) is 25.1 Å². The number of phenolic OH excluding ortho intramolecular Hbond substituents is 1. The predicted molar refractivity (Wildman–Crippen MR) is 87.7 cm³/mol. The molecule has 1 amide bonds. The quantitative estimate of drug-likeness (QED) is 0.744. The Balaban J connectivity index is 1.77. The molecule has 0 bridgehead atoms. The highest BCUT2D eigenvalue weighted by Crippen LogP contribution is 2.30. The van der Waals surface area contributed by atoms with Gasteiger partial charge < -0.3 is 10.4 Å². The van der Waals surface area contributed by atoms with Gasteiger partial charge in [-0.1, -0.05) is 11.6 Å². The number of carbonyl (C=O) groups excluding carboxylic acids is 1. The number of halogens is 1. The minimum Gasteiger partial charge on any atom is -0.507 e. The number of phenols is 1. The average Bonchev–Trinajstić information content (AvgIpc) is 3.01. The van der Waals surface area contributed by atoms with E-state index in [1.807, 2.05) is 0 Å². The zero-order chi connectivity index (χ0) is 16.7. The fourth-order valence-corrected chi connectivity index (χ4v) is 2.75. The van der Waals surface area contributed by atoms with E-state index in [2.05, 4.69) is 20.4 Å². The summed E-state index contributed by atoms with van der Waals surface area (Å²) in [4.78, 5) is 20.5. The van der Waals surface area contributed by atoms with Gasteiger partial charge in [0, 0.05) is 17.8 Å². The van der Waals surface area contributed by atoms with Crippen molar-refractivity contribution < 1.29 is 9.90 Å². The number of aromatic hydroxyl groups is 1. The summed E-state index contributed by atoms with van der Waals surface area (Å²) in [5.41, 5.74) is 2.14. The number of aromatic nitrogens is 4. The summed E-state index contributed by atoms with van der Waals surface area (Å²) < 4.78 is 1.66. The van der Waals surface area contributed by atoms with E-state index in [0.717, 1.165) is 0 Å². The van der Waals surface area contributed by atoms with Crippen LogP contribution in [0.5, 0.6) is 5.75 Å². The Morgan fingerprint density at radius 1 is 1.21 bits per heavy atom. The molecule has 0 saturated carbocycles. The van der Waals surface area contributed by atoms with Crippen LogP contribution < -0.4 is 5.32 Å². The van der Waals surface area contributed by atoms with E-state index in [9.17, 15) is 9.90 Å². The second-order valence-electron chi connectivity index (χ2n) is 5.32. The lowest BCUT2D eigenvalue weighted by Crippen LogP contribution is -2.35. The Morgan fingerprint density at radius 3 is 2.88 bits per heavy atom. The van der Waals surface area contributed by atoms with Crippen molar-refractivity contribution in [2.24, 2.45) is 0 Å². The minimum atomic E-state index is -0.148. The van der Waals surface area contributed by atoms with Gasteiger partial charge in [0.1, 0.15) is 17.1 Å². The third-order valence-corrected chi connectivity index (χ3v) is 3.98. The van der Waals surface area contributed by atoms with E-state index in [1.54, 1.807) is 35.1 Å². The van der Waals surface area contributed by atoms with Crippen LogP contribution in [0, 0.1) is 0 Å². The molecule has 0 aliphatic carbocycles. The number of hydrogen-bond donors (Lipinski definition) is 2. The Labute approximate surface area is 141 Å². The van der Waals surface area contributed by atoms with Crippen LogP contribution in [0.4, 0.5) is 0 Å². The van der Waals surface area contributed by atoms with Crippen molar-refractivity contribution in [3.63, 3.8) is 0 Å². The lowest BCUT2D eigenvalue weighted by molar-refractivity contribution is 0.0924. The van der Waals surface area contributed by atoms with Crippen LogP contribution in [0.2, 0.25) is 5.02 Å². The summed E-state index contributed by atoms with van der Waals surface area (Å²) in [7, 11) is 0. The molecule has 4 rings (SSSR count). The van der Waals surface area contributed by atoms with E-state index in [0.29, 0.717) is 46.6 Å². The number of amides is 1. The highest BCUT2D eigenvalue weighted by molar-refractivity contribution is 6.30. The Hall–Kier alpha value is -2.93. The average molecular weight is 342 g/mol. The fourth-order valence-electron chi connectivity index (χ4n) is 2.59. The molecule has 0 saturated heterocycles. The zero-order valence-electron chi connectivity index (χ0n) is 12.4. The maximum atomic E-state index is 11.8.